The monoisotopic (exact) mass is 339 g/mol. The molecule has 0 aliphatic heterocycles. The molecule has 0 atom stereocenters. The Hall–Kier alpha value is -2.58. The maximum atomic E-state index is 13.0. The van der Waals surface area contributed by atoms with Crippen LogP contribution in [0.15, 0.2) is 30.6 Å². The van der Waals surface area contributed by atoms with Crippen LogP contribution < -0.4 is 10.6 Å². The fourth-order valence-electron chi connectivity index (χ4n) is 2.56. The zero-order valence-corrected chi connectivity index (χ0v) is 12.9. The lowest BCUT2D eigenvalue weighted by Crippen LogP contribution is -2.52. The molecule has 0 saturated heterocycles. The van der Waals surface area contributed by atoms with Crippen molar-refractivity contribution in [1.29, 1.82) is 0 Å². The van der Waals surface area contributed by atoms with E-state index < -0.39 is 17.8 Å². The van der Waals surface area contributed by atoms with Gasteiger partial charge in [-0.25, -0.2) is 14.5 Å². The summed E-state index contributed by atoms with van der Waals surface area (Å²) in [4.78, 5) is 15.7. The van der Waals surface area contributed by atoms with Gasteiger partial charge >= 0.3 is 12.2 Å². The summed E-state index contributed by atoms with van der Waals surface area (Å²) in [5.74, 6) is -0.196. The Morgan fingerprint density at radius 3 is 2.71 bits per heavy atom. The summed E-state index contributed by atoms with van der Waals surface area (Å²) in [7, 11) is 0. The minimum atomic E-state index is -4.54. The first-order valence-corrected chi connectivity index (χ1v) is 7.44. The molecule has 1 saturated carbocycles. The van der Waals surface area contributed by atoms with Crippen LogP contribution >= 0.6 is 0 Å². The summed E-state index contributed by atoms with van der Waals surface area (Å²) >= 11 is 0. The van der Waals surface area contributed by atoms with E-state index in [2.05, 4.69) is 20.7 Å². The molecule has 1 aliphatic rings. The van der Waals surface area contributed by atoms with Crippen LogP contribution in [0.2, 0.25) is 0 Å². The topological polar surface area (TPSA) is 71.8 Å². The van der Waals surface area contributed by atoms with E-state index >= 15 is 0 Å². The normalized spacial score (nSPS) is 16.3. The maximum Gasteiger partial charge on any atom is 0.420 e. The van der Waals surface area contributed by atoms with Crippen molar-refractivity contribution in [2.24, 2.45) is 0 Å². The molecule has 2 heterocycles. The third-order valence-electron chi connectivity index (χ3n) is 4.01. The highest BCUT2D eigenvalue weighted by Gasteiger charge is 2.35. The van der Waals surface area contributed by atoms with Crippen molar-refractivity contribution >= 4 is 11.8 Å². The lowest BCUT2D eigenvalue weighted by Gasteiger charge is -2.38. The minimum absolute atomic E-state index is 0.147. The number of alkyl halides is 3. The Morgan fingerprint density at radius 1 is 1.33 bits per heavy atom. The molecular formula is C15H16F3N5O. The molecule has 2 aromatic heterocycles. The second kappa shape index (κ2) is 5.81. The summed E-state index contributed by atoms with van der Waals surface area (Å²) in [5.41, 5.74) is -1.12. The summed E-state index contributed by atoms with van der Waals surface area (Å²) in [6.45, 7) is 1.94. The average molecular weight is 339 g/mol. The number of pyridine rings is 1. The summed E-state index contributed by atoms with van der Waals surface area (Å²) in [6, 6.07) is 3.13. The standard InChI is InChI=1S/C15H16F3N5O/c1-14(6-3-7-14)21-13(24)20-11-5-9-23(22-11)12-10(15(16,17)18)4-2-8-19-12/h2,4-5,8-9H,3,6-7H2,1H3,(H2,20,21,22,24). The number of carbonyl (C=O) groups is 1. The van der Waals surface area contributed by atoms with E-state index in [0.29, 0.717) is 0 Å². The van der Waals surface area contributed by atoms with Crippen molar-refractivity contribution in [3.63, 3.8) is 0 Å². The highest BCUT2D eigenvalue weighted by molar-refractivity contribution is 5.88. The molecule has 0 aromatic carbocycles. The highest BCUT2D eigenvalue weighted by Crippen LogP contribution is 2.33. The van der Waals surface area contributed by atoms with Gasteiger partial charge in [-0.15, -0.1) is 5.10 Å². The highest BCUT2D eigenvalue weighted by atomic mass is 19.4. The van der Waals surface area contributed by atoms with Crippen LogP contribution in [0.1, 0.15) is 31.7 Å². The minimum Gasteiger partial charge on any atom is -0.333 e. The number of aromatic nitrogens is 3. The van der Waals surface area contributed by atoms with E-state index in [1.54, 1.807) is 0 Å². The van der Waals surface area contributed by atoms with Gasteiger partial charge in [-0.05, 0) is 38.3 Å². The van der Waals surface area contributed by atoms with Gasteiger partial charge in [-0.1, -0.05) is 0 Å². The van der Waals surface area contributed by atoms with Crippen LogP contribution in [0.25, 0.3) is 5.82 Å². The van der Waals surface area contributed by atoms with Gasteiger partial charge in [0.25, 0.3) is 0 Å². The van der Waals surface area contributed by atoms with Crippen molar-refractivity contribution in [3.05, 3.63) is 36.2 Å². The van der Waals surface area contributed by atoms with Gasteiger partial charge in [0.2, 0.25) is 0 Å². The molecule has 3 rings (SSSR count). The van der Waals surface area contributed by atoms with Crippen molar-refractivity contribution in [2.45, 2.75) is 37.9 Å². The molecule has 9 heteroatoms. The number of nitrogens with one attached hydrogen (secondary N) is 2. The summed E-state index contributed by atoms with van der Waals surface area (Å²) < 4.78 is 40.1. The average Bonchev–Trinajstić information content (AvgIpc) is 2.93. The zero-order valence-electron chi connectivity index (χ0n) is 12.9. The van der Waals surface area contributed by atoms with Crippen LogP contribution in [-0.2, 0) is 6.18 Å². The molecule has 2 N–H and O–H groups in total. The van der Waals surface area contributed by atoms with Crippen molar-refractivity contribution in [3.8, 4) is 5.82 Å². The van der Waals surface area contributed by atoms with E-state index in [9.17, 15) is 18.0 Å². The Balaban J connectivity index is 1.75. The first kappa shape index (κ1) is 16.3. The van der Waals surface area contributed by atoms with Crippen molar-refractivity contribution in [2.75, 3.05) is 5.32 Å². The number of nitrogens with zero attached hydrogens (tertiary/aromatic N) is 3. The second-order valence-corrected chi connectivity index (χ2v) is 6.01. The molecular weight excluding hydrogens is 323 g/mol. The number of halogens is 3. The van der Waals surface area contributed by atoms with Crippen LogP contribution in [-0.4, -0.2) is 26.3 Å². The Labute approximate surface area is 136 Å². The number of amides is 2. The molecule has 0 bridgehead atoms. The fourth-order valence-corrected chi connectivity index (χ4v) is 2.56. The number of urea groups is 1. The summed E-state index contributed by atoms with van der Waals surface area (Å²) in [6.07, 6.45) is 0.891. The van der Waals surface area contributed by atoms with E-state index in [0.717, 1.165) is 30.0 Å². The van der Waals surface area contributed by atoms with E-state index in [-0.39, 0.29) is 17.2 Å². The van der Waals surface area contributed by atoms with Gasteiger partial charge in [0, 0.05) is 24.0 Å². The second-order valence-electron chi connectivity index (χ2n) is 6.01. The molecule has 6 nitrogen and oxygen atoms in total. The van der Waals surface area contributed by atoms with Crippen molar-refractivity contribution in [1.82, 2.24) is 20.1 Å². The smallest absolute Gasteiger partial charge is 0.333 e. The maximum absolute atomic E-state index is 13.0. The SMILES string of the molecule is CC1(NC(=O)Nc2ccn(-c3ncccc3C(F)(F)F)n2)CCC1. The molecule has 0 unspecified atom stereocenters. The summed E-state index contributed by atoms with van der Waals surface area (Å²) in [5, 5.41) is 9.31. The number of anilines is 1. The molecule has 128 valence electrons. The number of rotatable bonds is 3. The number of carbonyl (C=O) groups excluding carboxylic acids is 1. The molecule has 0 radical (unpaired) electrons. The van der Waals surface area contributed by atoms with E-state index in [4.69, 9.17) is 0 Å². The van der Waals surface area contributed by atoms with Crippen LogP contribution in [0, 0.1) is 0 Å². The quantitative estimate of drug-likeness (QED) is 0.901. The van der Waals surface area contributed by atoms with Crippen LogP contribution in [0.5, 0.6) is 0 Å². The van der Waals surface area contributed by atoms with Crippen LogP contribution in [0.3, 0.4) is 0 Å². The number of hydrogen-bond donors (Lipinski definition) is 2. The largest absolute Gasteiger partial charge is 0.420 e. The molecule has 24 heavy (non-hydrogen) atoms. The van der Waals surface area contributed by atoms with Gasteiger partial charge in [0.1, 0.15) is 5.56 Å². The van der Waals surface area contributed by atoms with Gasteiger partial charge in [-0.2, -0.15) is 13.2 Å². The van der Waals surface area contributed by atoms with Gasteiger partial charge in [0.05, 0.1) is 0 Å². The van der Waals surface area contributed by atoms with Crippen molar-refractivity contribution < 1.29 is 18.0 Å². The van der Waals surface area contributed by atoms with Gasteiger partial charge < -0.3 is 5.32 Å². The molecule has 1 aliphatic carbocycles. The third kappa shape index (κ3) is 3.34. The molecule has 0 spiro atoms. The van der Waals surface area contributed by atoms with Crippen LogP contribution in [0.4, 0.5) is 23.8 Å². The molecule has 1 fully saturated rings. The first-order valence-electron chi connectivity index (χ1n) is 7.44. The molecule has 2 aromatic rings. The molecule has 2 amide bonds. The predicted octanol–water partition coefficient (Wildman–Crippen LogP) is 3.35. The lowest BCUT2D eigenvalue weighted by molar-refractivity contribution is -0.137. The third-order valence-corrected chi connectivity index (χ3v) is 4.01. The fraction of sp³-hybridized carbons (Fsp3) is 0.400. The lowest BCUT2D eigenvalue weighted by atomic mass is 9.79. The number of hydrogen-bond acceptors (Lipinski definition) is 3. The van der Waals surface area contributed by atoms with Gasteiger partial charge in [0.15, 0.2) is 11.6 Å². The predicted molar refractivity (Wildman–Crippen MR) is 80.8 cm³/mol. The Kier molecular flexibility index (Phi) is 3.94. The Morgan fingerprint density at radius 2 is 2.08 bits per heavy atom. The van der Waals surface area contributed by atoms with E-state index in [1.807, 2.05) is 6.92 Å². The first-order chi connectivity index (χ1) is 11.3. The zero-order chi connectivity index (χ0) is 17.4. The van der Waals surface area contributed by atoms with E-state index in [1.165, 1.54) is 24.5 Å². The Bertz CT molecular complexity index is 752. The van der Waals surface area contributed by atoms with Gasteiger partial charge in [-0.3, -0.25) is 5.32 Å².